The molecule has 4 heterocycles. The van der Waals surface area contributed by atoms with Gasteiger partial charge in [0.2, 0.25) is 5.95 Å². The molecule has 1 saturated heterocycles. The lowest BCUT2D eigenvalue weighted by molar-refractivity contribution is 0.622. The van der Waals surface area contributed by atoms with Gasteiger partial charge in [0.25, 0.3) is 0 Å². The van der Waals surface area contributed by atoms with Gasteiger partial charge < -0.3 is 10.2 Å². The third-order valence-corrected chi connectivity index (χ3v) is 4.61. The van der Waals surface area contributed by atoms with E-state index < -0.39 is 0 Å². The molecule has 6 nitrogen and oxygen atoms in total. The van der Waals surface area contributed by atoms with Crippen LogP contribution in [0.15, 0.2) is 42.7 Å². The maximum Gasteiger partial charge on any atom is 0.226 e. The van der Waals surface area contributed by atoms with Crippen molar-refractivity contribution in [3.05, 3.63) is 65.6 Å². The van der Waals surface area contributed by atoms with Crippen LogP contribution in [0.25, 0.3) is 0 Å². The number of hydrogen-bond donors (Lipinski definition) is 1. The summed E-state index contributed by atoms with van der Waals surface area (Å²) in [6.45, 7) is 4.91. The van der Waals surface area contributed by atoms with Crippen molar-refractivity contribution >= 4 is 17.5 Å². The first-order chi connectivity index (χ1) is 13.1. The number of aromatic nitrogens is 4. The Morgan fingerprint density at radius 3 is 2.52 bits per heavy atom. The standard InChI is InChI=1S/C20H21FN6/c1-13-10-14(2)25-20(24-13)27-9-3-4-18(27)17-7-6-16(12-22-17)26-19-8-5-15(21)11-23-19/h5-8,10-12,18H,3-4,9H2,1-2H3,(H,23,26)/t18-/m1/s1. The van der Waals surface area contributed by atoms with Gasteiger partial charge in [-0.1, -0.05) is 0 Å². The Bertz CT molecular complexity index is 906. The van der Waals surface area contributed by atoms with Crippen molar-refractivity contribution < 1.29 is 4.39 Å². The molecule has 4 rings (SSSR count). The summed E-state index contributed by atoms with van der Waals surface area (Å²) in [4.78, 5) is 20.1. The maximum absolute atomic E-state index is 13.0. The minimum absolute atomic E-state index is 0.171. The van der Waals surface area contributed by atoms with Crippen LogP contribution in [0.1, 0.15) is 36.0 Å². The van der Waals surface area contributed by atoms with Crippen LogP contribution in [0.3, 0.4) is 0 Å². The number of rotatable bonds is 4. The minimum Gasteiger partial charge on any atom is -0.339 e. The van der Waals surface area contributed by atoms with E-state index in [0.29, 0.717) is 5.82 Å². The molecule has 1 aliphatic rings. The highest BCUT2D eigenvalue weighted by Crippen LogP contribution is 2.34. The van der Waals surface area contributed by atoms with E-state index in [9.17, 15) is 4.39 Å². The zero-order chi connectivity index (χ0) is 18.8. The van der Waals surface area contributed by atoms with Gasteiger partial charge in [0, 0.05) is 17.9 Å². The Kier molecular flexibility index (Phi) is 4.66. The number of hydrogen-bond acceptors (Lipinski definition) is 6. The third-order valence-electron chi connectivity index (χ3n) is 4.61. The van der Waals surface area contributed by atoms with Crippen LogP contribution < -0.4 is 10.2 Å². The van der Waals surface area contributed by atoms with Gasteiger partial charge in [-0.3, -0.25) is 4.98 Å². The first-order valence-corrected chi connectivity index (χ1v) is 9.02. The van der Waals surface area contributed by atoms with Crippen molar-refractivity contribution in [3.63, 3.8) is 0 Å². The van der Waals surface area contributed by atoms with Crippen LogP contribution in [-0.4, -0.2) is 26.5 Å². The van der Waals surface area contributed by atoms with Crippen molar-refractivity contribution in [2.24, 2.45) is 0 Å². The lowest BCUT2D eigenvalue weighted by Gasteiger charge is -2.25. The van der Waals surface area contributed by atoms with Crippen molar-refractivity contribution in [3.8, 4) is 0 Å². The molecular formula is C20H21FN6. The predicted molar refractivity (Wildman–Crippen MR) is 103 cm³/mol. The average molecular weight is 364 g/mol. The molecule has 0 bridgehead atoms. The van der Waals surface area contributed by atoms with Gasteiger partial charge in [0.05, 0.1) is 29.8 Å². The number of pyridine rings is 2. The lowest BCUT2D eigenvalue weighted by atomic mass is 10.1. The van der Waals surface area contributed by atoms with E-state index in [2.05, 4.69) is 30.2 Å². The molecule has 0 aromatic carbocycles. The van der Waals surface area contributed by atoms with Gasteiger partial charge in [-0.05, 0) is 57.0 Å². The maximum atomic E-state index is 13.0. The van der Waals surface area contributed by atoms with Crippen LogP contribution >= 0.6 is 0 Å². The van der Waals surface area contributed by atoms with Gasteiger partial charge in [-0.25, -0.2) is 19.3 Å². The number of halogens is 1. The molecule has 27 heavy (non-hydrogen) atoms. The molecule has 1 atom stereocenters. The Morgan fingerprint density at radius 2 is 1.85 bits per heavy atom. The fourth-order valence-electron chi connectivity index (χ4n) is 3.42. The molecule has 0 unspecified atom stereocenters. The van der Waals surface area contributed by atoms with Crippen molar-refractivity contribution in [2.45, 2.75) is 32.7 Å². The van der Waals surface area contributed by atoms with Gasteiger partial charge in [-0.2, -0.15) is 0 Å². The van der Waals surface area contributed by atoms with Gasteiger partial charge >= 0.3 is 0 Å². The molecule has 3 aromatic rings. The lowest BCUT2D eigenvalue weighted by Crippen LogP contribution is -2.25. The van der Waals surface area contributed by atoms with E-state index in [1.807, 2.05) is 32.0 Å². The zero-order valence-electron chi connectivity index (χ0n) is 15.4. The smallest absolute Gasteiger partial charge is 0.226 e. The summed E-state index contributed by atoms with van der Waals surface area (Å²) in [6.07, 6.45) is 5.07. The number of nitrogens with one attached hydrogen (secondary N) is 1. The molecule has 0 radical (unpaired) electrons. The molecule has 1 aliphatic heterocycles. The summed E-state index contributed by atoms with van der Waals surface area (Å²) in [7, 11) is 0. The van der Waals surface area contributed by atoms with Gasteiger partial charge in [0.15, 0.2) is 0 Å². The molecule has 7 heteroatoms. The van der Waals surface area contributed by atoms with Crippen LogP contribution in [0, 0.1) is 19.7 Å². The predicted octanol–water partition coefficient (Wildman–Crippen LogP) is 4.11. The fraction of sp³-hybridized carbons (Fsp3) is 0.300. The van der Waals surface area contributed by atoms with E-state index in [1.54, 1.807) is 12.3 Å². The minimum atomic E-state index is -0.357. The van der Waals surface area contributed by atoms with Gasteiger partial charge in [-0.15, -0.1) is 0 Å². The summed E-state index contributed by atoms with van der Waals surface area (Å²) in [6, 6.07) is 9.10. The molecule has 0 amide bonds. The SMILES string of the molecule is Cc1cc(C)nc(N2CCC[C@@H]2c2ccc(Nc3ccc(F)cn3)cn2)n1. The molecule has 1 fully saturated rings. The molecular weight excluding hydrogens is 343 g/mol. The molecule has 3 aromatic heterocycles. The highest BCUT2D eigenvalue weighted by atomic mass is 19.1. The van der Waals surface area contributed by atoms with E-state index in [4.69, 9.17) is 0 Å². The number of anilines is 3. The zero-order valence-corrected chi connectivity index (χ0v) is 15.4. The summed E-state index contributed by atoms with van der Waals surface area (Å²) in [5.41, 5.74) is 3.75. The van der Waals surface area contributed by atoms with Crippen molar-refractivity contribution in [2.75, 3.05) is 16.8 Å². The normalized spacial score (nSPS) is 16.6. The first-order valence-electron chi connectivity index (χ1n) is 9.02. The second kappa shape index (κ2) is 7.26. The monoisotopic (exact) mass is 364 g/mol. The highest BCUT2D eigenvalue weighted by Gasteiger charge is 2.29. The average Bonchev–Trinajstić information content (AvgIpc) is 3.13. The molecule has 1 N–H and O–H groups in total. The van der Waals surface area contributed by atoms with Crippen molar-refractivity contribution in [1.29, 1.82) is 0 Å². The molecule has 138 valence electrons. The summed E-state index contributed by atoms with van der Waals surface area (Å²) >= 11 is 0. The second-order valence-corrected chi connectivity index (χ2v) is 6.76. The topological polar surface area (TPSA) is 66.8 Å². The highest BCUT2D eigenvalue weighted by molar-refractivity contribution is 5.55. The van der Waals surface area contributed by atoms with Crippen molar-refractivity contribution in [1.82, 2.24) is 19.9 Å². The van der Waals surface area contributed by atoms with Gasteiger partial charge in [0.1, 0.15) is 11.6 Å². The molecule has 0 spiro atoms. The largest absolute Gasteiger partial charge is 0.339 e. The Morgan fingerprint density at radius 1 is 1.04 bits per heavy atom. The van der Waals surface area contributed by atoms with Crippen LogP contribution in [0.4, 0.5) is 21.8 Å². The summed E-state index contributed by atoms with van der Waals surface area (Å²) in [5, 5.41) is 3.13. The Balaban J connectivity index is 1.53. The first kappa shape index (κ1) is 17.3. The Hall–Kier alpha value is -3.09. The summed E-state index contributed by atoms with van der Waals surface area (Å²) < 4.78 is 13.0. The quantitative estimate of drug-likeness (QED) is 0.752. The second-order valence-electron chi connectivity index (χ2n) is 6.76. The van der Waals surface area contributed by atoms with E-state index in [1.165, 1.54) is 12.3 Å². The Labute approximate surface area is 157 Å². The molecule has 0 saturated carbocycles. The third kappa shape index (κ3) is 3.86. The van der Waals surface area contributed by atoms with Crippen LogP contribution in [0.5, 0.6) is 0 Å². The van der Waals surface area contributed by atoms with E-state index in [0.717, 1.165) is 48.1 Å². The van der Waals surface area contributed by atoms with E-state index >= 15 is 0 Å². The summed E-state index contributed by atoms with van der Waals surface area (Å²) in [5.74, 6) is 0.996. The van der Waals surface area contributed by atoms with Crippen LogP contribution in [-0.2, 0) is 0 Å². The fourth-order valence-corrected chi connectivity index (χ4v) is 3.42. The molecule has 0 aliphatic carbocycles. The van der Waals surface area contributed by atoms with E-state index in [-0.39, 0.29) is 11.9 Å². The number of aryl methyl sites for hydroxylation is 2. The van der Waals surface area contributed by atoms with Crippen LogP contribution in [0.2, 0.25) is 0 Å². The number of nitrogens with zero attached hydrogens (tertiary/aromatic N) is 5.